The Kier molecular flexibility index (Phi) is 6.32. The summed E-state index contributed by atoms with van der Waals surface area (Å²) < 4.78 is 5.16. The van der Waals surface area contributed by atoms with Gasteiger partial charge < -0.3 is 19.9 Å². The highest BCUT2D eigenvalue weighted by Gasteiger charge is 2.16. The van der Waals surface area contributed by atoms with E-state index in [4.69, 9.17) is 4.74 Å². The summed E-state index contributed by atoms with van der Waals surface area (Å²) in [6.07, 6.45) is 2.95. The lowest BCUT2D eigenvalue weighted by molar-refractivity contribution is -0.134. The molecule has 3 rings (SSSR count). The normalized spacial score (nSPS) is 10.6. The van der Waals surface area contributed by atoms with E-state index >= 15 is 0 Å². The number of rotatable bonds is 8. The Bertz CT molecular complexity index is 964. The number of aryl methyl sites for hydroxylation is 1. The van der Waals surface area contributed by atoms with Crippen LogP contribution in [0, 0.1) is 0 Å². The van der Waals surface area contributed by atoms with Crippen molar-refractivity contribution in [1.82, 2.24) is 9.88 Å². The van der Waals surface area contributed by atoms with Crippen molar-refractivity contribution in [2.75, 3.05) is 25.5 Å². The van der Waals surface area contributed by atoms with Crippen molar-refractivity contribution < 1.29 is 14.3 Å². The van der Waals surface area contributed by atoms with Gasteiger partial charge in [-0.25, -0.2) is 0 Å². The van der Waals surface area contributed by atoms with Crippen LogP contribution in [-0.2, 0) is 16.0 Å². The number of methoxy groups -OCH3 is 1. The predicted octanol–water partition coefficient (Wildman–Crippen LogP) is 3.60. The van der Waals surface area contributed by atoms with E-state index < -0.39 is 0 Å². The number of nitrogens with zero attached hydrogens (tertiary/aromatic N) is 1. The van der Waals surface area contributed by atoms with E-state index in [0.717, 1.165) is 16.5 Å². The zero-order valence-corrected chi connectivity index (χ0v) is 16.2. The highest BCUT2D eigenvalue weighted by atomic mass is 16.5. The van der Waals surface area contributed by atoms with Crippen LogP contribution in [0.2, 0.25) is 0 Å². The molecule has 2 aromatic carbocycles. The molecule has 2 N–H and O–H groups in total. The number of carbonyl (C=O) groups excluding carboxylic acids is 2. The molecule has 6 heteroatoms. The molecule has 146 valence electrons. The fraction of sp³-hybridized carbons (Fsp3) is 0.273. The average molecular weight is 379 g/mol. The average Bonchev–Trinajstić information content (AvgIpc) is 3.13. The van der Waals surface area contributed by atoms with Crippen LogP contribution in [0.5, 0.6) is 5.75 Å². The van der Waals surface area contributed by atoms with Gasteiger partial charge in [0.15, 0.2) is 0 Å². The summed E-state index contributed by atoms with van der Waals surface area (Å²) in [6, 6.07) is 15.2. The molecule has 0 aliphatic heterocycles. The van der Waals surface area contributed by atoms with Gasteiger partial charge in [0, 0.05) is 41.8 Å². The molecule has 3 aromatic rings. The van der Waals surface area contributed by atoms with E-state index in [1.54, 1.807) is 30.2 Å². The minimum atomic E-state index is -0.226. The zero-order valence-electron chi connectivity index (χ0n) is 16.2. The Morgan fingerprint density at radius 1 is 1.14 bits per heavy atom. The number of hydrogen-bond donors (Lipinski definition) is 2. The Morgan fingerprint density at radius 3 is 2.75 bits per heavy atom. The topological polar surface area (TPSA) is 74.4 Å². The maximum absolute atomic E-state index is 12.6. The first-order valence-electron chi connectivity index (χ1n) is 9.37. The fourth-order valence-electron chi connectivity index (χ4n) is 3.19. The van der Waals surface area contributed by atoms with Crippen LogP contribution in [0.4, 0.5) is 5.69 Å². The molecule has 0 saturated carbocycles. The summed E-state index contributed by atoms with van der Waals surface area (Å²) in [7, 11) is 1.58. The summed E-state index contributed by atoms with van der Waals surface area (Å²) in [5, 5.41) is 3.95. The number of ether oxygens (including phenoxy) is 1. The molecule has 0 radical (unpaired) electrons. The summed E-state index contributed by atoms with van der Waals surface area (Å²) in [4.78, 5) is 29.8. The minimum absolute atomic E-state index is 0.0282. The van der Waals surface area contributed by atoms with Gasteiger partial charge in [0.1, 0.15) is 5.75 Å². The fourth-order valence-corrected chi connectivity index (χ4v) is 3.19. The number of para-hydroxylation sites is 1. The van der Waals surface area contributed by atoms with E-state index in [0.29, 0.717) is 30.8 Å². The highest BCUT2D eigenvalue weighted by Crippen LogP contribution is 2.19. The first-order chi connectivity index (χ1) is 13.6. The second-order valence-corrected chi connectivity index (χ2v) is 6.55. The SMILES string of the molecule is CCN(CC(=O)Nc1cccc(OC)c1)C(=O)CCc1c[nH]c2ccccc12. The number of nitrogens with one attached hydrogen (secondary N) is 2. The van der Waals surface area contributed by atoms with Crippen molar-refractivity contribution in [3.63, 3.8) is 0 Å². The maximum atomic E-state index is 12.6. The largest absolute Gasteiger partial charge is 0.497 e. The molecule has 1 aromatic heterocycles. The van der Waals surface area contributed by atoms with Crippen molar-refractivity contribution in [3.05, 3.63) is 60.3 Å². The molecule has 0 aliphatic carbocycles. The van der Waals surface area contributed by atoms with Gasteiger partial charge in [-0.2, -0.15) is 0 Å². The molecule has 6 nitrogen and oxygen atoms in total. The zero-order chi connectivity index (χ0) is 19.9. The van der Waals surface area contributed by atoms with Gasteiger partial charge in [-0.05, 0) is 37.1 Å². The third kappa shape index (κ3) is 4.71. The third-order valence-corrected chi connectivity index (χ3v) is 4.71. The molecule has 0 spiro atoms. The number of carbonyl (C=O) groups is 2. The number of aromatic amines is 1. The van der Waals surface area contributed by atoms with Gasteiger partial charge in [0.25, 0.3) is 0 Å². The first-order valence-corrected chi connectivity index (χ1v) is 9.37. The minimum Gasteiger partial charge on any atom is -0.497 e. The number of hydrogen-bond acceptors (Lipinski definition) is 3. The van der Waals surface area contributed by atoms with Crippen LogP contribution < -0.4 is 10.1 Å². The van der Waals surface area contributed by atoms with Crippen LogP contribution in [0.3, 0.4) is 0 Å². The Balaban J connectivity index is 1.56. The summed E-state index contributed by atoms with van der Waals surface area (Å²) in [5.41, 5.74) is 2.82. The van der Waals surface area contributed by atoms with Gasteiger partial charge in [-0.1, -0.05) is 24.3 Å². The van der Waals surface area contributed by atoms with E-state index in [9.17, 15) is 9.59 Å². The molecular weight excluding hydrogens is 354 g/mol. The second-order valence-electron chi connectivity index (χ2n) is 6.55. The number of H-pyrrole nitrogens is 1. The second kappa shape index (κ2) is 9.08. The highest BCUT2D eigenvalue weighted by molar-refractivity contribution is 5.94. The predicted molar refractivity (Wildman–Crippen MR) is 110 cm³/mol. The molecule has 0 saturated heterocycles. The smallest absolute Gasteiger partial charge is 0.243 e. The van der Waals surface area contributed by atoms with E-state index in [1.165, 1.54) is 0 Å². The lowest BCUT2D eigenvalue weighted by Gasteiger charge is -2.20. The van der Waals surface area contributed by atoms with Gasteiger partial charge in [-0.15, -0.1) is 0 Å². The maximum Gasteiger partial charge on any atom is 0.243 e. The summed E-state index contributed by atoms with van der Waals surface area (Å²) in [6.45, 7) is 2.39. The summed E-state index contributed by atoms with van der Waals surface area (Å²) in [5.74, 6) is 0.407. The molecule has 1 heterocycles. The quantitative estimate of drug-likeness (QED) is 0.628. The number of benzene rings is 2. The molecule has 2 amide bonds. The van der Waals surface area contributed by atoms with Gasteiger partial charge in [-0.3, -0.25) is 9.59 Å². The molecule has 0 bridgehead atoms. The lowest BCUT2D eigenvalue weighted by atomic mass is 10.1. The van der Waals surface area contributed by atoms with Crippen molar-refractivity contribution in [2.24, 2.45) is 0 Å². The Hall–Kier alpha value is -3.28. The van der Waals surface area contributed by atoms with Crippen LogP contribution in [0.1, 0.15) is 18.9 Å². The Morgan fingerprint density at radius 2 is 1.96 bits per heavy atom. The van der Waals surface area contributed by atoms with E-state index in [2.05, 4.69) is 10.3 Å². The number of anilines is 1. The van der Waals surface area contributed by atoms with Crippen molar-refractivity contribution >= 4 is 28.4 Å². The molecular formula is C22H25N3O3. The molecule has 0 fully saturated rings. The molecule has 0 aliphatic rings. The molecule has 0 atom stereocenters. The number of aromatic nitrogens is 1. The Labute approximate surface area is 164 Å². The third-order valence-electron chi connectivity index (χ3n) is 4.71. The monoisotopic (exact) mass is 379 g/mol. The number of amides is 2. The number of fused-ring (bicyclic) bond motifs is 1. The van der Waals surface area contributed by atoms with Crippen LogP contribution >= 0.6 is 0 Å². The lowest BCUT2D eigenvalue weighted by Crippen LogP contribution is -2.38. The van der Waals surface area contributed by atoms with Crippen molar-refractivity contribution in [2.45, 2.75) is 19.8 Å². The van der Waals surface area contributed by atoms with E-state index in [-0.39, 0.29) is 18.4 Å². The number of likely N-dealkylation sites (N-methyl/N-ethyl adjacent to an activating group) is 1. The van der Waals surface area contributed by atoms with Crippen molar-refractivity contribution in [3.8, 4) is 5.75 Å². The first kappa shape index (κ1) is 19.5. The van der Waals surface area contributed by atoms with Crippen molar-refractivity contribution in [1.29, 1.82) is 0 Å². The molecule has 28 heavy (non-hydrogen) atoms. The van der Waals surface area contributed by atoms with Crippen LogP contribution in [0.15, 0.2) is 54.7 Å². The van der Waals surface area contributed by atoms with Crippen LogP contribution in [0.25, 0.3) is 10.9 Å². The van der Waals surface area contributed by atoms with Gasteiger partial charge >= 0.3 is 0 Å². The standard InChI is InChI=1S/C22H25N3O3/c1-3-25(15-21(26)24-17-7-6-8-18(13-17)28-2)22(27)12-11-16-14-23-20-10-5-4-9-19(16)20/h4-10,13-14,23H,3,11-12,15H2,1-2H3,(H,24,26). The summed E-state index contributed by atoms with van der Waals surface area (Å²) >= 11 is 0. The van der Waals surface area contributed by atoms with Gasteiger partial charge in [0.2, 0.25) is 11.8 Å². The molecule has 0 unspecified atom stereocenters. The van der Waals surface area contributed by atoms with E-state index in [1.807, 2.05) is 43.5 Å². The van der Waals surface area contributed by atoms with Gasteiger partial charge in [0.05, 0.1) is 13.7 Å². The van der Waals surface area contributed by atoms with Crippen LogP contribution in [-0.4, -0.2) is 41.9 Å².